The van der Waals surface area contributed by atoms with E-state index in [1.165, 1.54) is 11.0 Å². The van der Waals surface area contributed by atoms with Crippen molar-refractivity contribution in [1.82, 2.24) is 0 Å². The van der Waals surface area contributed by atoms with Gasteiger partial charge >= 0.3 is 0 Å². The number of hydrogen-bond acceptors (Lipinski definition) is 3. The molecule has 1 amide bonds. The van der Waals surface area contributed by atoms with Crippen molar-refractivity contribution in [3.05, 3.63) is 29.0 Å². The fourth-order valence-electron chi connectivity index (χ4n) is 1.81. The minimum atomic E-state index is -3.81. The lowest BCUT2D eigenvalue weighted by Crippen LogP contribution is -2.26. The number of benzene rings is 1. The zero-order valence-electron chi connectivity index (χ0n) is 8.94. The lowest BCUT2D eigenvalue weighted by molar-refractivity contribution is -0.117. The van der Waals surface area contributed by atoms with E-state index in [2.05, 4.69) is 0 Å². The van der Waals surface area contributed by atoms with E-state index in [9.17, 15) is 17.6 Å². The topological polar surface area (TPSA) is 54.5 Å². The van der Waals surface area contributed by atoms with Crippen molar-refractivity contribution in [2.24, 2.45) is 0 Å². The summed E-state index contributed by atoms with van der Waals surface area (Å²) in [6.07, 6.45) is -0.208. The van der Waals surface area contributed by atoms with Crippen LogP contribution in [0.4, 0.5) is 10.1 Å². The molecular formula is C10H8Cl2FNO3S. The molecule has 18 heavy (non-hydrogen) atoms. The summed E-state index contributed by atoms with van der Waals surface area (Å²) in [7, 11) is 1.40. The Kier molecular flexibility index (Phi) is 3.53. The maximum atomic E-state index is 13.2. The first-order chi connectivity index (χ1) is 8.27. The van der Waals surface area contributed by atoms with Gasteiger partial charge in [0.1, 0.15) is 11.1 Å². The summed E-state index contributed by atoms with van der Waals surface area (Å²) in [6, 6.07) is 3.61. The van der Waals surface area contributed by atoms with E-state index >= 15 is 0 Å². The molecule has 0 bridgehead atoms. The van der Waals surface area contributed by atoms with Gasteiger partial charge in [-0.25, -0.2) is 12.8 Å². The lowest BCUT2D eigenvalue weighted by Gasteiger charge is -2.16. The molecule has 0 spiro atoms. The molecule has 1 aromatic carbocycles. The number of carbonyl (C=O) groups excluding carboxylic acids is 1. The van der Waals surface area contributed by atoms with E-state index in [1.54, 1.807) is 0 Å². The Balaban J connectivity index is 2.32. The summed E-state index contributed by atoms with van der Waals surface area (Å²) in [6.45, 7) is -0.0928. The number of anilines is 1. The Morgan fingerprint density at radius 2 is 2.00 bits per heavy atom. The molecule has 2 rings (SSSR count). The van der Waals surface area contributed by atoms with Gasteiger partial charge < -0.3 is 4.90 Å². The SMILES string of the molecule is O=C1CC(S(=O)(=O)Cl)CN1c1cc(F)cc(Cl)c1. The van der Waals surface area contributed by atoms with Crippen molar-refractivity contribution in [2.75, 3.05) is 11.4 Å². The van der Waals surface area contributed by atoms with Crippen LogP contribution in [0.15, 0.2) is 18.2 Å². The fourth-order valence-corrected chi connectivity index (χ4v) is 3.05. The number of carbonyl (C=O) groups is 1. The van der Waals surface area contributed by atoms with Crippen molar-refractivity contribution in [3.8, 4) is 0 Å². The summed E-state index contributed by atoms with van der Waals surface area (Å²) in [5.74, 6) is -1.02. The van der Waals surface area contributed by atoms with Gasteiger partial charge in [0.25, 0.3) is 0 Å². The van der Waals surface area contributed by atoms with Crippen molar-refractivity contribution < 1.29 is 17.6 Å². The number of hydrogen-bond donors (Lipinski definition) is 0. The molecule has 1 saturated heterocycles. The third-order valence-corrected chi connectivity index (χ3v) is 4.73. The average Bonchev–Trinajstić information content (AvgIpc) is 2.58. The Morgan fingerprint density at radius 3 is 2.50 bits per heavy atom. The largest absolute Gasteiger partial charge is 0.311 e. The van der Waals surface area contributed by atoms with E-state index in [1.807, 2.05) is 0 Å². The van der Waals surface area contributed by atoms with E-state index in [-0.39, 0.29) is 23.7 Å². The molecule has 1 unspecified atom stereocenters. The van der Waals surface area contributed by atoms with Crippen molar-refractivity contribution in [2.45, 2.75) is 11.7 Å². The predicted octanol–water partition coefficient (Wildman–Crippen LogP) is 2.15. The maximum Gasteiger partial charge on any atom is 0.237 e. The lowest BCUT2D eigenvalue weighted by atomic mass is 10.3. The summed E-state index contributed by atoms with van der Waals surface area (Å²) in [5.41, 5.74) is 0.229. The molecule has 0 N–H and O–H groups in total. The summed E-state index contributed by atoms with van der Waals surface area (Å²) in [4.78, 5) is 12.9. The van der Waals surface area contributed by atoms with Crippen molar-refractivity contribution in [3.63, 3.8) is 0 Å². The molecule has 4 nitrogen and oxygen atoms in total. The third-order valence-electron chi connectivity index (χ3n) is 2.65. The first-order valence-corrected chi connectivity index (χ1v) is 7.72. The quantitative estimate of drug-likeness (QED) is 0.786. The first kappa shape index (κ1) is 13.6. The molecule has 0 saturated carbocycles. The molecule has 1 aromatic rings. The summed E-state index contributed by atoms with van der Waals surface area (Å²) in [5, 5.41) is -0.844. The van der Waals surface area contributed by atoms with Crippen LogP contribution in [0.5, 0.6) is 0 Å². The normalized spacial score (nSPS) is 20.5. The van der Waals surface area contributed by atoms with Crippen LogP contribution in [-0.4, -0.2) is 26.1 Å². The van der Waals surface area contributed by atoms with Crippen LogP contribution in [0.3, 0.4) is 0 Å². The first-order valence-electron chi connectivity index (χ1n) is 4.97. The Bertz CT molecular complexity index is 585. The molecular weight excluding hydrogens is 304 g/mol. The molecule has 1 atom stereocenters. The average molecular weight is 312 g/mol. The van der Waals surface area contributed by atoms with E-state index in [0.29, 0.717) is 0 Å². The highest BCUT2D eigenvalue weighted by Gasteiger charge is 2.38. The van der Waals surface area contributed by atoms with Crippen LogP contribution in [0.1, 0.15) is 6.42 Å². The monoisotopic (exact) mass is 311 g/mol. The molecule has 1 aliphatic rings. The Hall–Kier alpha value is -0.850. The Labute approximate surface area is 113 Å². The third kappa shape index (κ3) is 2.76. The van der Waals surface area contributed by atoms with Gasteiger partial charge in [0.05, 0.1) is 0 Å². The van der Waals surface area contributed by atoms with Crippen LogP contribution >= 0.6 is 22.3 Å². The zero-order valence-corrected chi connectivity index (χ0v) is 11.3. The van der Waals surface area contributed by atoms with E-state index < -0.39 is 26.0 Å². The van der Waals surface area contributed by atoms with Crippen LogP contribution < -0.4 is 4.90 Å². The number of amides is 1. The second kappa shape index (κ2) is 4.68. The smallest absolute Gasteiger partial charge is 0.237 e. The minimum absolute atomic E-state index is 0.0928. The molecule has 0 aliphatic carbocycles. The van der Waals surface area contributed by atoms with Crippen molar-refractivity contribution >= 4 is 42.9 Å². The molecule has 98 valence electrons. The van der Waals surface area contributed by atoms with Gasteiger partial charge in [-0.3, -0.25) is 4.79 Å². The van der Waals surface area contributed by atoms with Crippen molar-refractivity contribution in [1.29, 1.82) is 0 Å². The van der Waals surface area contributed by atoms with Gasteiger partial charge in [0.15, 0.2) is 0 Å². The number of halogens is 3. The van der Waals surface area contributed by atoms with E-state index in [0.717, 1.165) is 12.1 Å². The van der Waals surface area contributed by atoms with Gasteiger partial charge in [0.2, 0.25) is 15.0 Å². The second-order valence-electron chi connectivity index (χ2n) is 3.93. The van der Waals surface area contributed by atoms with Gasteiger partial charge in [-0.2, -0.15) is 0 Å². The van der Waals surface area contributed by atoms with Crippen LogP contribution in [0.2, 0.25) is 5.02 Å². The predicted molar refractivity (Wildman–Crippen MR) is 66.9 cm³/mol. The fraction of sp³-hybridized carbons (Fsp3) is 0.300. The standard InChI is InChI=1S/C10H8Cl2FNO3S/c11-6-1-7(13)3-8(2-6)14-5-9(4-10(14)15)18(12,16)17/h1-3,9H,4-5H2. The summed E-state index contributed by atoms with van der Waals surface area (Å²) >= 11 is 5.68. The molecule has 1 aliphatic heterocycles. The highest BCUT2D eigenvalue weighted by atomic mass is 35.7. The van der Waals surface area contributed by atoms with Gasteiger partial charge in [0, 0.05) is 34.4 Å². The number of nitrogens with zero attached hydrogens (tertiary/aromatic N) is 1. The molecule has 1 heterocycles. The molecule has 1 fully saturated rings. The van der Waals surface area contributed by atoms with Crippen LogP contribution in [0.25, 0.3) is 0 Å². The molecule has 8 heteroatoms. The maximum absolute atomic E-state index is 13.2. The highest BCUT2D eigenvalue weighted by Crippen LogP contribution is 2.29. The zero-order chi connectivity index (χ0) is 13.5. The van der Waals surface area contributed by atoms with Gasteiger partial charge in [-0.05, 0) is 18.2 Å². The molecule has 0 aromatic heterocycles. The van der Waals surface area contributed by atoms with E-state index in [4.69, 9.17) is 22.3 Å². The Morgan fingerprint density at radius 1 is 1.33 bits per heavy atom. The molecule has 0 radical (unpaired) electrons. The van der Waals surface area contributed by atoms with Crippen LogP contribution in [-0.2, 0) is 13.8 Å². The number of rotatable bonds is 2. The summed E-state index contributed by atoms with van der Waals surface area (Å²) < 4.78 is 35.5. The second-order valence-corrected chi connectivity index (χ2v) is 7.28. The van der Waals surface area contributed by atoms with Gasteiger partial charge in [-0.1, -0.05) is 11.6 Å². The minimum Gasteiger partial charge on any atom is -0.311 e. The van der Waals surface area contributed by atoms with Crippen LogP contribution in [0, 0.1) is 5.82 Å². The highest BCUT2D eigenvalue weighted by molar-refractivity contribution is 8.14. The van der Waals surface area contributed by atoms with Gasteiger partial charge in [-0.15, -0.1) is 0 Å².